The number of hydrogen-bond donors (Lipinski definition) is 2. The topological polar surface area (TPSA) is 63.2 Å². The standard InChI is InChI=1S/C19H16ClN3O2/c1-25-15-9-6-13(7-10-15)22-14-8-11-18(21-12-14)23-19(24)16-4-2-3-5-17(16)20/h2-12,22H,1H3,(H,21,23,24). The monoisotopic (exact) mass is 353 g/mol. The van der Waals surface area contributed by atoms with E-state index < -0.39 is 0 Å². The Balaban J connectivity index is 1.65. The van der Waals surface area contributed by atoms with E-state index in [0.717, 1.165) is 17.1 Å². The van der Waals surface area contributed by atoms with Crippen LogP contribution in [0.2, 0.25) is 5.02 Å². The number of hydrogen-bond acceptors (Lipinski definition) is 4. The van der Waals surface area contributed by atoms with Crippen LogP contribution < -0.4 is 15.4 Å². The molecule has 0 atom stereocenters. The average molecular weight is 354 g/mol. The SMILES string of the molecule is COc1ccc(Nc2ccc(NC(=O)c3ccccc3Cl)nc2)cc1. The van der Waals surface area contributed by atoms with Crippen molar-refractivity contribution in [1.29, 1.82) is 0 Å². The lowest BCUT2D eigenvalue weighted by molar-refractivity contribution is 0.102. The van der Waals surface area contributed by atoms with Gasteiger partial charge in [-0.2, -0.15) is 0 Å². The first kappa shape index (κ1) is 16.8. The van der Waals surface area contributed by atoms with Gasteiger partial charge in [-0.1, -0.05) is 23.7 Å². The first-order valence-corrected chi connectivity index (χ1v) is 7.96. The van der Waals surface area contributed by atoms with Crippen LogP contribution in [-0.4, -0.2) is 18.0 Å². The summed E-state index contributed by atoms with van der Waals surface area (Å²) in [5, 5.41) is 6.35. The number of carbonyl (C=O) groups excluding carboxylic acids is 1. The summed E-state index contributed by atoms with van der Waals surface area (Å²) in [5.74, 6) is 0.945. The van der Waals surface area contributed by atoms with E-state index in [1.54, 1.807) is 43.6 Å². The van der Waals surface area contributed by atoms with E-state index in [0.29, 0.717) is 16.4 Å². The van der Waals surface area contributed by atoms with Crippen molar-refractivity contribution in [2.24, 2.45) is 0 Å². The van der Waals surface area contributed by atoms with Gasteiger partial charge in [0.1, 0.15) is 11.6 Å². The number of nitrogens with zero attached hydrogens (tertiary/aromatic N) is 1. The van der Waals surface area contributed by atoms with Crippen molar-refractivity contribution in [2.75, 3.05) is 17.7 Å². The molecular weight excluding hydrogens is 338 g/mol. The molecule has 0 saturated heterocycles. The van der Waals surface area contributed by atoms with Gasteiger partial charge in [-0.15, -0.1) is 0 Å². The molecule has 2 N–H and O–H groups in total. The lowest BCUT2D eigenvalue weighted by Gasteiger charge is -2.09. The highest BCUT2D eigenvalue weighted by atomic mass is 35.5. The molecule has 1 aromatic heterocycles. The van der Waals surface area contributed by atoms with Crippen molar-refractivity contribution in [3.63, 3.8) is 0 Å². The van der Waals surface area contributed by atoms with Crippen molar-refractivity contribution in [2.45, 2.75) is 0 Å². The average Bonchev–Trinajstić information content (AvgIpc) is 2.64. The molecule has 0 bridgehead atoms. The van der Waals surface area contributed by atoms with Crippen LogP contribution in [0, 0.1) is 0 Å². The molecule has 0 aliphatic rings. The summed E-state index contributed by atoms with van der Waals surface area (Å²) in [7, 11) is 1.63. The first-order chi connectivity index (χ1) is 12.2. The molecule has 126 valence electrons. The van der Waals surface area contributed by atoms with Crippen LogP contribution in [0.5, 0.6) is 5.75 Å². The number of pyridine rings is 1. The molecule has 0 saturated carbocycles. The number of anilines is 3. The fraction of sp³-hybridized carbons (Fsp3) is 0.0526. The molecule has 1 amide bonds. The number of rotatable bonds is 5. The molecule has 0 fully saturated rings. The van der Waals surface area contributed by atoms with Gasteiger partial charge in [0.05, 0.1) is 29.6 Å². The Hall–Kier alpha value is -3.05. The number of halogens is 1. The molecule has 0 radical (unpaired) electrons. The van der Waals surface area contributed by atoms with Crippen LogP contribution in [-0.2, 0) is 0 Å². The highest BCUT2D eigenvalue weighted by Gasteiger charge is 2.10. The zero-order chi connectivity index (χ0) is 17.6. The van der Waals surface area contributed by atoms with Crippen molar-refractivity contribution in [3.05, 3.63) is 77.4 Å². The van der Waals surface area contributed by atoms with E-state index in [4.69, 9.17) is 16.3 Å². The quantitative estimate of drug-likeness (QED) is 0.695. The van der Waals surface area contributed by atoms with Crippen LogP contribution in [0.3, 0.4) is 0 Å². The highest BCUT2D eigenvalue weighted by molar-refractivity contribution is 6.34. The van der Waals surface area contributed by atoms with Gasteiger partial charge in [-0.05, 0) is 48.5 Å². The van der Waals surface area contributed by atoms with Gasteiger partial charge in [0, 0.05) is 5.69 Å². The summed E-state index contributed by atoms with van der Waals surface area (Å²) in [6, 6.07) is 18.0. The second kappa shape index (κ2) is 7.68. The summed E-state index contributed by atoms with van der Waals surface area (Å²) in [5.41, 5.74) is 2.13. The molecule has 25 heavy (non-hydrogen) atoms. The normalized spacial score (nSPS) is 10.2. The highest BCUT2D eigenvalue weighted by Crippen LogP contribution is 2.21. The predicted molar refractivity (Wildman–Crippen MR) is 99.9 cm³/mol. The van der Waals surface area contributed by atoms with E-state index in [9.17, 15) is 4.79 Å². The van der Waals surface area contributed by atoms with Crippen LogP contribution in [0.25, 0.3) is 0 Å². The summed E-state index contributed by atoms with van der Waals surface area (Å²) >= 11 is 6.02. The van der Waals surface area contributed by atoms with Crippen LogP contribution in [0.4, 0.5) is 17.2 Å². The summed E-state index contributed by atoms with van der Waals surface area (Å²) < 4.78 is 5.13. The zero-order valence-corrected chi connectivity index (χ0v) is 14.2. The third-order valence-corrected chi connectivity index (χ3v) is 3.83. The van der Waals surface area contributed by atoms with Crippen LogP contribution in [0.15, 0.2) is 66.9 Å². The third kappa shape index (κ3) is 4.28. The summed E-state index contributed by atoms with van der Waals surface area (Å²) in [6.45, 7) is 0. The Morgan fingerprint density at radius 3 is 2.36 bits per heavy atom. The minimum Gasteiger partial charge on any atom is -0.497 e. The molecule has 0 aliphatic heterocycles. The largest absolute Gasteiger partial charge is 0.497 e. The molecule has 0 unspecified atom stereocenters. The molecule has 3 aromatic rings. The van der Waals surface area contributed by atoms with E-state index in [-0.39, 0.29) is 5.91 Å². The van der Waals surface area contributed by atoms with E-state index in [2.05, 4.69) is 15.6 Å². The lowest BCUT2D eigenvalue weighted by Crippen LogP contribution is -2.13. The number of methoxy groups -OCH3 is 1. The Morgan fingerprint density at radius 2 is 1.72 bits per heavy atom. The number of carbonyl (C=O) groups is 1. The Kier molecular flexibility index (Phi) is 5.16. The van der Waals surface area contributed by atoms with Gasteiger partial charge in [-0.25, -0.2) is 4.98 Å². The van der Waals surface area contributed by atoms with Crippen molar-refractivity contribution < 1.29 is 9.53 Å². The minimum absolute atomic E-state index is 0.297. The molecule has 0 spiro atoms. The van der Waals surface area contributed by atoms with Crippen molar-refractivity contribution in [1.82, 2.24) is 4.98 Å². The van der Waals surface area contributed by atoms with E-state index >= 15 is 0 Å². The van der Waals surface area contributed by atoms with Crippen molar-refractivity contribution in [3.8, 4) is 5.75 Å². The number of amides is 1. The minimum atomic E-state index is -0.297. The summed E-state index contributed by atoms with van der Waals surface area (Å²) in [6.07, 6.45) is 1.65. The van der Waals surface area contributed by atoms with Crippen LogP contribution >= 0.6 is 11.6 Å². The zero-order valence-electron chi connectivity index (χ0n) is 13.5. The van der Waals surface area contributed by atoms with Gasteiger partial charge in [0.2, 0.25) is 0 Å². The molecule has 6 heteroatoms. The van der Waals surface area contributed by atoms with Gasteiger partial charge < -0.3 is 15.4 Å². The maximum absolute atomic E-state index is 12.2. The van der Waals surface area contributed by atoms with Gasteiger partial charge in [0.15, 0.2) is 0 Å². The molecular formula is C19H16ClN3O2. The Labute approximate surface area is 150 Å². The second-order valence-corrected chi connectivity index (χ2v) is 5.63. The fourth-order valence-electron chi connectivity index (χ4n) is 2.21. The van der Waals surface area contributed by atoms with Crippen molar-refractivity contribution >= 4 is 34.7 Å². The first-order valence-electron chi connectivity index (χ1n) is 7.59. The fourth-order valence-corrected chi connectivity index (χ4v) is 2.43. The molecule has 5 nitrogen and oxygen atoms in total. The Morgan fingerprint density at radius 1 is 1.00 bits per heavy atom. The third-order valence-electron chi connectivity index (χ3n) is 3.50. The smallest absolute Gasteiger partial charge is 0.258 e. The van der Waals surface area contributed by atoms with E-state index in [1.807, 2.05) is 30.3 Å². The van der Waals surface area contributed by atoms with Gasteiger partial charge in [0.25, 0.3) is 5.91 Å². The maximum Gasteiger partial charge on any atom is 0.258 e. The lowest BCUT2D eigenvalue weighted by atomic mass is 10.2. The molecule has 3 rings (SSSR count). The number of ether oxygens (including phenoxy) is 1. The number of aromatic nitrogens is 1. The summed E-state index contributed by atoms with van der Waals surface area (Å²) in [4.78, 5) is 16.4. The predicted octanol–water partition coefficient (Wildman–Crippen LogP) is 4.74. The maximum atomic E-state index is 12.2. The number of benzene rings is 2. The number of nitrogens with one attached hydrogen (secondary N) is 2. The van der Waals surface area contributed by atoms with Gasteiger partial charge in [-0.3, -0.25) is 4.79 Å². The molecule has 1 heterocycles. The second-order valence-electron chi connectivity index (χ2n) is 5.22. The Bertz CT molecular complexity index is 865. The molecule has 2 aromatic carbocycles. The molecule has 0 aliphatic carbocycles. The van der Waals surface area contributed by atoms with E-state index in [1.165, 1.54) is 0 Å². The van der Waals surface area contributed by atoms with Crippen LogP contribution in [0.1, 0.15) is 10.4 Å². The van der Waals surface area contributed by atoms with Gasteiger partial charge >= 0.3 is 0 Å².